The molecule has 4 rings (SSSR count). The van der Waals surface area contributed by atoms with E-state index in [-0.39, 0.29) is 5.91 Å². The normalized spacial score (nSPS) is 15.8. The van der Waals surface area contributed by atoms with Gasteiger partial charge in [0.15, 0.2) is 11.5 Å². The summed E-state index contributed by atoms with van der Waals surface area (Å²) in [5.74, 6) is 2.18. The Kier molecular flexibility index (Phi) is 6.22. The van der Waals surface area contributed by atoms with Crippen LogP contribution in [0.1, 0.15) is 16.8 Å². The third kappa shape index (κ3) is 4.41. The number of anilines is 1. The number of methoxy groups -OCH3 is 3. The van der Waals surface area contributed by atoms with Crippen molar-refractivity contribution in [3.63, 3.8) is 0 Å². The van der Waals surface area contributed by atoms with Gasteiger partial charge in [-0.05, 0) is 23.8 Å². The Labute approximate surface area is 181 Å². The first kappa shape index (κ1) is 20.9. The zero-order chi connectivity index (χ0) is 21.8. The van der Waals surface area contributed by atoms with Crippen LogP contribution in [0.5, 0.6) is 17.2 Å². The van der Waals surface area contributed by atoms with Crippen LogP contribution in [0, 0.1) is 0 Å². The number of carbonyl (C=O) groups is 1. The number of ether oxygens (including phenoxy) is 4. The summed E-state index contributed by atoms with van der Waals surface area (Å²) in [6.45, 7) is 3.87. The van der Waals surface area contributed by atoms with Crippen molar-refractivity contribution in [2.24, 2.45) is 0 Å². The van der Waals surface area contributed by atoms with E-state index in [4.69, 9.17) is 18.9 Å². The summed E-state index contributed by atoms with van der Waals surface area (Å²) in [5.41, 5.74) is 2.64. The highest BCUT2D eigenvalue weighted by molar-refractivity contribution is 5.92. The van der Waals surface area contributed by atoms with Gasteiger partial charge in [0.2, 0.25) is 17.6 Å². The molecule has 1 fully saturated rings. The topological polar surface area (TPSA) is 86.3 Å². The number of aromatic nitrogens is 2. The van der Waals surface area contributed by atoms with E-state index < -0.39 is 0 Å². The molecular formula is C22H26N4O5. The van der Waals surface area contributed by atoms with Gasteiger partial charge in [0.1, 0.15) is 0 Å². The molecule has 0 atom stereocenters. The van der Waals surface area contributed by atoms with E-state index in [1.807, 2.05) is 6.20 Å². The molecule has 2 aromatic rings. The second-order valence-electron chi connectivity index (χ2n) is 7.23. The minimum Gasteiger partial charge on any atom is -0.493 e. The minimum atomic E-state index is -0.0975. The molecule has 0 aliphatic carbocycles. The lowest BCUT2D eigenvalue weighted by Gasteiger charge is -2.26. The molecule has 0 unspecified atom stereocenters. The summed E-state index contributed by atoms with van der Waals surface area (Å²) in [7, 11) is 4.67. The zero-order valence-corrected chi connectivity index (χ0v) is 18.0. The molecule has 1 saturated heterocycles. The van der Waals surface area contributed by atoms with Crippen molar-refractivity contribution in [1.82, 2.24) is 14.9 Å². The van der Waals surface area contributed by atoms with Crippen LogP contribution in [0.25, 0.3) is 6.08 Å². The number of hydrogen-bond acceptors (Lipinski definition) is 8. The van der Waals surface area contributed by atoms with Crippen LogP contribution in [0.3, 0.4) is 0 Å². The molecule has 0 spiro atoms. The largest absolute Gasteiger partial charge is 0.493 e. The lowest BCUT2D eigenvalue weighted by atomic mass is 10.1. The number of benzene rings is 1. The summed E-state index contributed by atoms with van der Waals surface area (Å²) in [5, 5.41) is 0. The zero-order valence-electron chi connectivity index (χ0n) is 18.0. The van der Waals surface area contributed by atoms with Crippen LogP contribution >= 0.6 is 0 Å². The monoisotopic (exact) mass is 426 g/mol. The van der Waals surface area contributed by atoms with E-state index in [2.05, 4.69) is 14.9 Å². The molecule has 0 N–H and O–H groups in total. The van der Waals surface area contributed by atoms with E-state index in [0.29, 0.717) is 49.5 Å². The van der Waals surface area contributed by atoms with Gasteiger partial charge in [-0.3, -0.25) is 4.79 Å². The molecule has 2 aliphatic rings. The molecule has 9 nitrogen and oxygen atoms in total. The van der Waals surface area contributed by atoms with Gasteiger partial charge >= 0.3 is 0 Å². The number of amides is 1. The van der Waals surface area contributed by atoms with Crippen molar-refractivity contribution < 1.29 is 23.7 Å². The molecule has 0 radical (unpaired) electrons. The van der Waals surface area contributed by atoms with Gasteiger partial charge < -0.3 is 28.7 Å². The summed E-state index contributed by atoms with van der Waals surface area (Å²) in [4.78, 5) is 25.8. The smallest absolute Gasteiger partial charge is 0.247 e. The van der Waals surface area contributed by atoms with Gasteiger partial charge in [0.25, 0.3) is 0 Å². The molecule has 1 amide bonds. The number of fused-ring (bicyclic) bond motifs is 1. The number of rotatable bonds is 6. The van der Waals surface area contributed by atoms with Crippen molar-refractivity contribution in [3.05, 3.63) is 41.2 Å². The van der Waals surface area contributed by atoms with Gasteiger partial charge in [-0.1, -0.05) is 0 Å². The maximum Gasteiger partial charge on any atom is 0.247 e. The average Bonchev–Trinajstić information content (AvgIpc) is 3.25. The molecule has 1 aromatic carbocycles. The maximum absolute atomic E-state index is 12.8. The predicted octanol–water partition coefficient (Wildman–Crippen LogP) is 1.89. The predicted molar refractivity (Wildman–Crippen MR) is 114 cm³/mol. The van der Waals surface area contributed by atoms with Crippen molar-refractivity contribution in [2.45, 2.75) is 13.1 Å². The first-order valence-electron chi connectivity index (χ1n) is 10.1. The highest BCUT2D eigenvalue weighted by Crippen LogP contribution is 2.38. The van der Waals surface area contributed by atoms with Crippen LogP contribution in [-0.2, 0) is 22.6 Å². The minimum absolute atomic E-state index is 0.0975. The Balaban J connectivity index is 1.46. The van der Waals surface area contributed by atoms with Crippen molar-refractivity contribution >= 4 is 17.9 Å². The van der Waals surface area contributed by atoms with Crippen molar-refractivity contribution in [1.29, 1.82) is 0 Å². The Morgan fingerprint density at radius 1 is 1.06 bits per heavy atom. The van der Waals surface area contributed by atoms with Gasteiger partial charge in [0, 0.05) is 37.5 Å². The number of nitrogens with zero attached hydrogens (tertiary/aromatic N) is 4. The van der Waals surface area contributed by atoms with Crippen LogP contribution in [-0.4, -0.2) is 68.4 Å². The van der Waals surface area contributed by atoms with E-state index >= 15 is 0 Å². The van der Waals surface area contributed by atoms with Gasteiger partial charge in [-0.25, -0.2) is 9.97 Å². The van der Waals surface area contributed by atoms with Gasteiger partial charge in [-0.15, -0.1) is 0 Å². The van der Waals surface area contributed by atoms with Crippen molar-refractivity contribution in [2.75, 3.05) is 52.5 Å². The molecule has 2 aliphatic heterocycles. The molecule has 1 aromatic heterocycles. The van der Waals surface area contributed by atoms with Crippen LogP contribution in [0.2, 0.25) is 0 Å². The first-order chi connectivity index (χ1) is 15.1. The highest BCUT2D eigenvalue weighted by atomic mass is 16.5. The second-order valence-corrected chi connectivity index (χ2v) is 7.23. The van der Waals surface area contributed by atoms with Gasteiger partial charge in [0.05, 0.1) is 46.8 Å². The summed E-state index contributed by atoms with van der Waals surface area (Å²) in [6, 6.07) is 3.59. The van der Waals surface area contributed by atoms with E-state index in [1.165, 1.54) is 0 Å². The fourth-order valence-corrected chi connectivity index (χ4v) is 3.68. The molecule has 3 heterocycles. The Hall–Kier alpha value is -3.33. The number of hydrogen-bond donors (Lipinski definition) is 0. The quantitative estimate of drug-likeness (QED) is 0.648. The molecule has 31 heavy (non-hydrogen) atoms. The molecule has 9 heteroatoms. The van der Waals surface area contributed by atoms with Gasteiger partial charge in [-0.2, -0.15) is 0 Å². The Bertz CT molecular complexity index is 963. The lowest BCUT2D eigenvalue weighted by molar-refractivity contribution is -0.126. The average molecular weight is 426 g/mol. The van der Waals surface area contributed by atoms with Crippen LogP contribution < -0.4 is 19.1 Å². The van der Waals surface area contributed by atoms with E-state index in [0.717, 1.165) is 29.9 Å². The maximum atomic E-state index is 12.8. The molecule has 164 valence electrons. The first-order valence-corrected chi connectivity index (χ1v) is 10.1. The molecule has 0 saturated carbocycles. The van der Waals surface area contributed by atoms with E-state index in [1.54, 1.807) is 50.5 Å². The Morgan fingerprint density at radius 2 is 1.77 bits per heavy atom. The Morgan fingerprint density at radius 3 is 2.42 bits per heavy atom. The molecule has 0 bridgehead atoms. The summed E-state index contributed by atoms with van der Waals surface area (Å²) in [6.07, 6.45) is 5.10. The van der Waals surface area contributed by atoms with E-state index in [9.17, 15) is 4.79 Å². The van der Waals surface area contributed by atoms with Crippen molar-refractivity contribution in [3.8, 4) is 17.2 Å². The third-order valence-electron chi connectivity index (χ3n) is 5.35. The lowest BCUT2D eigenvalue weighted by Crippen LogP contribution is -2.37. The molecular weight excluding hydrogens is 400 g/mol. The fourth-order valence-electron chi connectivity index (χ4n) is 3.68. The fraction of sp³-hybridized carbons (Fsp3) is 0.409. The summed E-state index contributed by atoms with van der Waals surface area (Å²) < 4.78 is 21.5. The third-order valence-corrected chi connectivity index (χ3v) is 5.35. The van der Waals surface area contributed by atoms with Crippen LogP contribution in [0.4, 0.5) is 5.95 Å². The number of carbonyl (C=O) groups excluding carboxylic acids is 1. The van der Waals surface area contributed by atoms with Crippen LogP contribution in [0.15, 0.2) is 24.4 Å². The summed E-state index contributed by atoms with van der Waals surface area (Å²) >= 11 is 0. The standard InChI is InChI=1S/C22H26N4O5/c1-28-18-10-15(11-19(29-2)21(18)30-3)4-5-20(27)26-13-16-12-23-22(24-17(16)14-26)25-6-8-31-9-7-25/h4-5,10-12H,6-9,13-14H2,1-3H3/b5-4+. The highest BCUT2D eigenvalue weighted by Gasteiger charge is 2.25. The second kappa shape index (κ2) is 9.22. The number of morpholine rings is 1. The SMILES string of the molecule is COc1cc(/C=C/C(=O)N2Cc3cnc(N4CCOCC4)nc3C2)cc(OC)c1OC.